The van der Waals surface area contributed by atoms with Crippen LogP contribution in [0.4, 0.5) is 10.1 Å². The average molecular weight is 374 g/mol. The van der Waals surface area contributed by atoms with E-state index in [0.29, 0.717) is 9.87 Å². The molecule has 0 aromatic heterocycles. The fourth-order valence-electron chi connectivity index (χ4n) is 2.71. The number of benzene rings is 2. The van der Waals surface area contributed by atoms with Crippen LogP contribution in [-0.2, 0) is 19.6 Å². The van der Waals surface area contributed by atoms with Crippen molar-refractivity contribution in [3.05, 3.63) is 71.6 Å². The van der Waals surface area contributed by atoms with Crippen LogP contribution in [0.25, 0.3) is 4.91 Å². The first-order valence-electron chi connectivity index (χ1n) is 7.69. The van der Waals surface area contributed by atoms with Crippen LogP contribution in [0.3, 0.4) is 0 Å². The molecule has 2 aromatic carbocycles. The van der Waals surface area contributed by atoms with Gasteiger partial charge in [-0.1, -0.05) is 36.4 Å². The molecule has 0 aliphatic carbocycles. The molecule has 6 nitrogen and oxygen atoms in total. The lowest BCUT2D eigenvalue weighted by Crippen LogP contribution is -2.38. The zero-order chi connectivity index (χ0) is 18.9. The molecule has 0 fully saturated rings. The summed E-state index contributed by atoms with van der Waals surface area (Å²) in [5.74, 6) is -2.04. The van der Waals surface area contributed by atoms with Gasteiger partial charge in [-0.2, -0.15) is 0 Å². The number of rotatable bonds is 4. The van der Waals surface area contributed by atoms with E-state index in [9.17, 15) is 22.4 Å². The van der Waals surface area contributed by atoms with Crippen molar-refractivity contribution in [2.24, 2.45) is 0 Å². The van der Waals surface area contributed by atoms with E-state index in [-0.39, 0.29) is 16.2 Å². The minimum absolute atomic E-state index is 0.0507. The molecule has 0 unspecified atom stereocenters. The first-order chi connectivity index (χ1) is 12.3. The van der Waals surface area contributed by atoms with Gasteiger partial charge < -0.3 is 5.32 Å². The monoisotopic (exact) mass is 374 g/mol. The molecule has 26 heavy (non-hydrogen) atoms. The number of carbonyl (C=O) groups excluding carboxylic acids is 2. The standard InChI is InChI=1S/C18H15FN2O4S/c1-12-17(13-6-3-2-4-7-13)26(24,25)21(18(12)23)11-16(22)20-15-9-5-8-14(19)10-15/h2-10H,11H2,1H3,(H,20,22). The van der Waals surface area contributed by atoms with E-state index in [2.05, 4.69) is 5.32 Å². The van der Waals surface area contributed by atoms with Crippen LogP contribution >= 0.6 is 0 Å². The maximum Gasteiger partial charge on any atom is 0.268 e. The van der Waals surface area contributed by atoms with E-state index in [1.165, 1.54) is 25.1 Å². The predicted octanol–water partition coefficient (Wildman–Crippen LogP) is 2.37. The van der Waals surface area contributed by atoms with E-state index < -0.39 is 34.2 Å². The molecule has 0 radical (unpaired) electrons. The number of carbonyl (C=O) groups is 2. The van der Waals surface area contributed by atoms with Crippen LogP contribution in [-0.4, -0.2) is 31.1 Å². The van der Waals surface area contributed by atoms with E-state index in [1.807, 2.05) is 0 Å². The molecule has 0 saturated heterocycles. The Bertz CT molecular complexity index is 1020. The highest BCUT2D eigenvalue weighted by Crippen LogP contribution is 2.35. The van der Waals surface area contributed by atoms with Gasteiger partial charge in [-0.25, -0.2) is 17.1 Å². The summed E-state index contributed by atoms with van der Waals surface area (Å²) in [7, 11) is -4.15. The molecule has 3 rings (SSSR count). The summed E-state index contributed by atoms with van der Waals surface area (Å²) >= 11 is 0. The number of nitrogens with one attached hydrogen (secondary N) is 1. The normalized spacial score (nSPS) is 16.1. The molecule has 0 saturated carbocycles. The molecule has 2 aromatic rings. The number of nitrogens with zero attached hydrogens (tertiary/aromatic N) is 1. The summed E-state index contributed by atoms with van der Waals surface area (Å²) < 4.78 is 39.2. The van der Waals surface area contributed by atoms with Gasteiger partial charge in [0, 0.05) is 11.3 Å². The zero-order valence-electron chi connectivity index (χ0n) is 13.8. The quantitative estimate of drug-likeness (QED) is 0.891. The van der Waals surface area contributed by atoms with Crippen LogP contribution in [0, 0.1) is 5.82 Å². The van der Waals surface area contributed by atoms with Crippen LogP contribution in [0.15, 0.2) is 60.2 Å². The first-order valence-corrected chi connectivity index (χ1v) is 9.13. The van der Waals surface area contributed by atoms with Gasteiger partial charge >= 0.3 is 0 Å². The summed E-state index contributed by atoms with van der Waals surface area (Å²) in [6.07, 6.45) is 0. The fraction of sp³-hybridized carbons (Fsp3) is 0.111. The summed E-state index contributed by atoms with van der Waals surface area (Å²) in [6.45, 7) is 0.720. The molecule has 1 aliphatic rings. The minimum Gasteiger partial charge on any atom is -0.324 e. The fourth-order valence-corrected chi connectivity index (χ4v) is 4.48. The molecule has 2 amide bonds. The Balaban J connectivity index is 1.84. The molecular weight excluding hydrogens is 359 g/mol. The van der Waals surface area contributed by atoms with Crippen molar-refractivity contribution >= 4 is 32.4 Å². The van der Waals surface area contributed by atoms with Crippen molar-refractivity contribution in [3.8, 4) is 0 Å². The van der Waals surface area contributed by atoms with E-state index >= 15 is 0 Å². The first kappa shape index (κ1) is 17.8. The number of hydrogen-bond acceptors (Lipinski definition) is 4. The SMILES string of the molecule is CC1=C(c2ccccc2)S(=O)(=O)N(CC(=O)Nc2cccc(F)c2)C1=O. The van der Waals surface area contributed by atoms with Gasteiger partial charge in [0.25, 0.3) is 15.9 Å². The Morgan fingerprint density at radius 1 is 1.12 bits per heavy atom. The van der Waals surface area contributed by atoms with Gasteiger partial charge in [0.05, 0.1) is 0 Å². The average Bonchev–Trinajstić information content (AvgIpc) is 2.75. The topological polar surface area (TPSA) is 83.6 Å². The second-order valence-electron chi connectivity index (χ2n) is 5.70. The Morgan fingerprint density at radius 3 is 2.46 bits per heavy atom. The Morgan fingerprint density at radius 2 is 1.81 bits per heavy atom. The third kappa shape index (κ3) is 3.23. The van der Waals surface area contributed by atoms with Crippen LogP contribution in [0.1, 0.15) is 12.5 Å². The van der Waals surface area contributed by atoms with E-state index in [4.69, 9.17) is 0 Å². The third-order valence-corrected chi connectivity index (χ3v) is 5.80. The Kier molecular flexibility index (Phi) is 4.60. The van der Waals surface area contributed by atoms with Crippen molar-refractivity contribution in [1.29, 1.82) is 0 Å². The van der Waals surface area contributed by atoms with Gasteiger partial charge in [0.15, 0.2) is 0 Å². The number of halogens is 1. The maximum absolute atomic E-state index is 13.2. The molecule has 0 spiro atoms. The molecule has 8 heteroatoms. The van der Waals surface area contributed by atoms with Gasteiger partial charge in [-0.05, 0) is 30.7 Å². The van der Waals surface area contributed by atoms with Gasteiger partial charge in [0.2, 0.25) is 5.91 Å². The van der Waals surface area contributed by atoms with Crippen molar-refractivity contribution in [3.63, 3.8) is 0 Å². The Labute approximate surface area is 150 Å². The largest absolute Gasteiger partial charge is 0.324 e. The summed E-state index contributed by atoms with van der Waals surface area (Å²) in [5, 5.41) is 2.38. The molecular formula is C18H15FN2O4S. The lowest BCUT2D eigenvalue weighted by atomic mass is 10.1. The van der Waals surface area contributed by atoms with E-state index in [1.54, 1.807) is 30.3 Å². The molecule has 1 N–H and O–H groups in total. The molecule has 0 bridgehead atoms. The highest BCUT2D eigenvalue weighted by atomic mass is 32.2. The smallest absolute Gasteiger partial charge is 0.268 e. The number of anilines is 1. The van der Waals surface area contributed by atoms with Crippen LogP contribution in [0.2, 0.25) is 0 Å². The van der Waals surface area contributed by atoms with Gasteiger partial charge in [-0.3, -0.25) is 9.59 Å². The number of hydrogen-bond donors (Lipinski definition) is 1. The van der Waals surface area contributed by atoms with Crippen LogP contribution < -0.4 is 5.32 Å². The maximum atomic E-state index is 13.2. The lowest BCUT2D eigenvalue weighted by Gasteiger charge is -2.16. The highest BCUT2D eigenvalue weighted by Gasteiger charge is 2.43. The summed E-state index contributed by atoms with van der Waals surface area (Å²) in [6, 6.07) is 13.4. The number of amides is 2. The van der Waals surface area contributed by atoms with Gasteiger partial charge in [-0.15, -0.1) is 0 Å². The second-order valence-corrected chi connectivity index (χ2v) is 7.49. The Hall–Kier alpha value is -3.00. The molecule has 1 aliphatic heterocycles. The van der Waals surface area contributed by atoms with Crippen molar-refractivity contribution < 1.29 is 22.4 Å². The van der Waals surface area contributed by atoms with Gasteiger partial charge in [0.1, 0.15) is 17.3 Å². The van der Waals surface area contributed by atoms with E-state index in [0.717, 1.165) is 6.07 Å². The summed E-state index contributed by atoms with van der Waals surface area (Å²) in [5.41, 5.74) is 0.605. The highest BCUT2D eigenvalue weighted by molar-refractivity contribution is 7.99. The summed E-state index contributed by atoms with van der Waals surface area (Å²) in [4.78, 5) is 24.4. The minimum atomic E-state index is -4.15. The van der Waals surface area contributed by atoms with Crippen molar-refractivity contribution in [1.82, 2.24) is 4.31 Å². The predicted molar refractivity (Wildman–Crippen MR) is 94.7 cm³/mol. The van der Waals surface area contributed by atoms with Crippen LogP contribution in [0.5, 0.6) is 0 Å². The molecule has 1 heterocycles. The van der Waals surface area contributed by atoms with Crippen molar-refractivity contribution in [2.45, 2.75) is 6.92 Å². The molecule has 0 atom stereocenters. The second kappa shape index (κ2) is 6.72. The third-order valence-electron chi connectivity index (χ3n) is 3.87. The van der Waals surface area contributed by atoms with Crippen molar-refractivity contribution in [2.75, 3.05) is 11.9 Å². The number of sulfonamides is 1. The molecule has 134 valence electrons. The lowest BCUT2D eigenvalue weighted by molar-refractivity contribution is -0.126. The zero-order valence-corrected chi connectivity index (χ0v) is 14.6.